The highest BCUT2D eigenvalue weighted by Crippen LogP contribution is 2.09. The third-order valence-electron chi connectivity index (χ3n) is 3.33. The zero-order valence-corrected chi connectivity index (χ0v) is 13.2. The largest absolute Gasteiger partial charge is 0.454 e. The molecule has 0 amide bonds. The molecule has 0 radical (unpaired) electrons. The Hall–Kier alpha value is -3.22. The number of benzene rings is 1. The lowest BCUT2D eigenvalue weighted by molar-refractivity contribution is 0.0453. The minimum Gasteiger partial charge on any atom is -0.454 e. The number of hydrogen-bond donors (Lipinski definition) is 0. The summed E-state index contributed by atoms with van der Waals surface area (Å²) >= 11 is 0. The van der Waals surface area contributed by atoms with Crippen molar-refractivity contribution in [3.63, 3.8) is 0 Å². The van der Waals surface area contributed by atoms with E-state index in [9.17, 15) is 9.59 Å². The standard InChI is InChI=1S/C17H15N3O4/c1-11-8-15(21)16(18-20(11)14-6-4-3-5-7-14)17(22)23-10-13-9-12(2)24-19-13/h3-9H,10H2,1-2H3. The third-order valence-corrected chi connectivity index (χ3v) is 3.33. The van der Waals surface area contributed by atoms with Crippen molar-refractivity contribution in [1.29, 1.82) is 0 Å². The maximum Gasteiger partial charge on any atom is 0.363 e. The molecule has 3 aromatic rings. The Labute approximate surface area is 137 Å². The summed E-state index contributed by atoms with van der Waals surface area (Å²) in [5.41, 5.74) is 1.08. The number of esters is 1. The van der Waals surface area contributed by atoms with Gasteiger partial charge in [-0.15, -0.1) is 0 Å². The smallest absolute Gasteiger partial charge is 0.363 e. The van der Waals surface area contributed by atoms with E-state index in [2.05, 4.69) is 10.3 Å². The molecule has 0 saturated heterocycles. The summed E-state index contributed by atoms with van der Waals surface area (Å²) in [6, 6.07) is 12.2. The lowest BCUT2D eigenvalue weighted by Gasteiger charge is -2.10. The molecule has 0 aliphatic carbocycles. The summed E-state index contributed by atoms with van der Waals surface area (Å²) in [4.78, 5) is 24.3. The molecule has 1 aromatic carbocycles. The van der Waals surface area contributed by atoms with E-state index in [-0.39, 0.29) is 12.3 Å². The molecule has 0 fully saturated rings. The predicted octanol–water partition coefficient (Wildman–Crippen LogP) is 2.19. The van der Waals surface area contributed by atoms with Gasteiger partial charge in [-0.05, 0) is 26.0 Å². The average Bonchev–Trinajstić information content (AvgIpc) is 2.99. The molecule has 0 unspecified atom stereocenters. The SMILES string of the molecule is Cc1cc(COC(=O)c2nn(-c3ccccc3)c(C)cc2=O)no1. The van der Waals surface area contributed by atoms with Crippen molar-refractivity contribution in [2.45, 2.75) is 20.5 Å². The van der Waals surface area contributed by atoms with E-state index in [0.29, 0.717) is 17.1 Å². The van der Waals surface area contributed by atoms with Gasteiger partial charge in [0, 0.05) is 17.8 Å². The van der Waals surface area contributed by atoms with Crippen LogP contribution in [-0.4, -0.2) is 20.9 Å². The molecule has 24 heavy (non-hydrogen) atoms. The highest BCUT2D eigenvalue weighted by molar-refractivity contribution is 5.86. The molecule has 2 aromatic heterocycles. The van der Waals surface area contributed by atoms with E-state index >= 15 is 0 Å². The zero-order valence-electron chi connectivity index (χ0n) is 13.2. The first kappa shape index (κ1) is 15.7. The average molecular weight is 325 g/mol. The van der Waals surface area contributed by atoms with Crippen LogP contribution in [0.15, 0.2) is 51.8 Å². The van der Waals surface area contributed by atoms with Crippen molar-refractivity contribution in [3.8, 4) is 5.69 Å². The molecule has 0 aliphatic rings. The molecule has 3 rings (SSSR count). The fraction of sp³-hybridized carbons (Fsp3) is 0.176. The van der Waals surface area contributed by atoms with Gasteiger partial charge >= 0.3 is 5.97 Å². The van der Waals surface area contributed by atoms with Crippen LogP contribution in [0.4, 0.5) is 0 Å². The first-order valence-corrected chi connectivity index (χ1v) is 7.30. The Morgan fingerprint density at radius 3 is 2.62 bits per heavy atom. The second-order valence-electron chi connectivity index (χ2n) is 5.25. The van der Waals surface area contributed by atoms with Crippen LogP contribution in [0.2, 0.25) is 0 Å². The summed E-state index contributed by atoms with van der Waals surface area (Å²) in [6.45, 7) is 3.39. The second kappa shape index (κ2) is 6.49. The van der Waals surface area contributed by atoms with Crippen molar-refractivity contribution in [2.75, 3.05) is 0 Å². The summed E-state index contributed by atoms with van der Waals surface area (Å²) in [5.74, 6) is -0.189. The van der Waals surface area contributed by atoms with Crippen molar-refractivity contribution in [3.05, 3.63) is 75.5 Å². The summed E-state index contributed by atoms with van der Waals surface area (Å²) < 4.78 is 11.5. The third kappa shape index (κ3) is 3.24. The van der Waals surface area contributed by atoms with Crippen molar-refractivity contribution in [1.82, 2.24) is 14.9 Å². The van der Waals surface area contributed by atoms with Gasteiger partial charge in [-0.1, -0.05) is 23.4 Å². The summed E-state index contributed by atoms with van der Waals surface area (Å²) in [7, 11) is 0. The molecular formula is C17H15N3O4. The van der Waals surface area contributed by atoms with Gasteiger partial charge in [0.15, 0.2) is 0 Å². The number of aromatic nitrogens is 3. The highest BCUT2D eigenvalue weighted by atomic mass is 16.5. The van der Waals surface area contributed by atoms with Gasteiger partial charge in [0.1, 0.15) is 18.1 Å². The maximum atomic E-state index is 12.2. The van der Waals surface area contributed by atoms with Crippen LogP contribution in [0, 0.1) is 13.8 Å². The molecule has 2 heterocycles. The zero-order chi connectivity index (χ0) is 17.1. The lowest BCUT2D eigenvalue weighted by atomic mass is 10.3. The van der Waals surface area contributed by atoms with E-state index in [1.807, 2.05) is 30.3 Å². The van der Waals surface area contributed by atoms with Gasteiger partial charge in [-0.3, -0.25) is 4.79 Å². The molecule has 7 nitrogen and oxygen atoms in total. The van der Waals surface area contributed by atoms with Gasteiger partial charge in [-0.2, -0.15) is 5.10 Å². The Kier molecular flexibility index (Phi) is 4.24. The maximum absolute atomic E-state index is 12.2. The Balaban J connectivity index is 1.87. The van der Waals surface area contributed by atoms with Crippen LogP contribution in [-0.2, 0) is 11.3 Å². The van der Waals surface area contributed by atoms with Crippen LogP contribution in [0.5, 0.6) is 0 Å². The first-order valence-electron chi connectivity index (χ1n) is 7.30. The van der Waals surface area contributed by atoms with Gasteiger partial charge < -0.3 is 9.26 Å². The Morgan fingerprint density at radius 1 is 1.21 bits per heavy atom. The number of ether oxygens (including phenoxy) is 1. The number of carbonyl (C=O) groups is 1. The lowest BCUT2D eigenvalue weighted by Crippen LogP contribution is -2.24. The number of rotatable bonds is 4. The van der Waals surface area contributed by atoms with Crippen LogP contribution < -0.4 is 5.43 Å². The molecule has 0 bridgehead atoms. The van der Waals surface area contributed by atoms with Crippen LogP contribution in [0.1, 0.15) is 27.6 Å². The van der Waals surface area contributed by atoms with Gasteiger partial charge in [0.2, 0.25) is 11.1 Å². The number of hydrogen-bond acceptors (Lipinski definition) is 6. The number of para-hydroxylation sites is 1. The van der Waals surface area contributed by atoms with E-state index in [1.165, 1.54) is 10.7 Å². The molecule has 0 atom stereocenters. The molecule has 122 valence electrons. The molecule has 0 N–H and O–H groups in total. The van der Waals surface area contributed by atoms with Gasteiger partial charge in [0.25, 0.3) is 0 Å². The normalized spacial score (nSPS) is 10.6. The number of carbonyl (C=O) groups excluding carboxylic acids is 1. The summed E-state index contributed by atoms with van der Waals surface area (Å²) in [5, 5.41) is 7.87. The van der Waals surface area contributed by atoms with Crippen molar-refractivity contribution in [2.24, 2.45) is 0 Å². The Morgan fingerprint density at radius 2 is 1.96 bits per heavy atom. The fourth-order valence-corrected chi connectivity index (χ4v) is 2.21. The minimum absolute atomic E-state index is 0.0868. The van der Waals surface area contributed by atoms with E-state index < -0.39 is 11.4 Å². The minimum atomic E-state index is -0.801. The van der Waals surface area contributed by atoms with Crippen molar-refractivity contribution < 1.29 is 14.1 Å². The van der Waals surface area contributed by atoms with Gasteiger partial charge in [-0.25, -0.2) is 9.48 Å². The van der Waals surface area contributed by atoms with Crippen molar-refractivity contribution >= 4 is 5.97 Å². The fourth-order valence-electron chi connectivity index (χ4n) is 2.21. The molecule has 0 aliphatic heterocycles. The molecule has 0 saturated carbocycles. The van der Waals surface area contributed by atoms with Crippen LogP contribution in [0.25, 0.3) is 5.69 Å². The summed E-state index contributed by atoms with van der Waals surface area (Å²) in [6.07, 6.45) is 0. The highest BCUT2D eigenvalue weighted by Gasteiger charge is 2.17. The first-order chi connectivity index (χ1) is 11.5. The predicted molar refractivity (Wildman–Crippen MR) is 84.9 cm³/mol. The second-order valence-corrected chi connectivity index (χ2v) is 5.25. The number of aryl methyl sites for hydroxylation is 2. The number of nitrogens with zero attached hydrogens (tertiary/aromatic N) is 3. The van der Waals surface area contributed by atoms with Gasteiger partial charge in [0.05, 0.1) is 5.69 Å². The topological polar surface area (TPSA) is 87.2 Å². The molecule has 7 heteroatoms. The monoisotopic (exact) mass is 325 g/mol. The van der Waals surface area contributed by atoms with E-state index in [1.54, 1.807) is 19.9 Å². The van der Waals surface area contributed by atoms with Crippen LogP contribution in [0.3, 0.4) is 0 Å². The quantitative estimate of drug-likeness (QED) is 0.683. The van der Waals surface area contributed by atoms with E-state index in [0.717, 1.165) is 5.69 Å². The Bertz CT molecular complexity index is 929. The molecular weight excluding hydrogens is 310 g/mol. The molecule has 0 spiro atoms. The van der Waals surface area contributed by atoms with Crippen LogP contribution >= 0.6 is 0 Å². The van der Waals surface area contributed by atoms with E-state index in [4.69, 9.17) is 9.26 Å².